The average molecular weight is 460 g/mol. The number of halogens is 1. The van der Waals surface area contributed by atoms with Crippen molar-refractivity contribution in [1.82, 2.24) is 20.3 Å². The van der Waals surface area contributed by atoms with Gasteiger partial charge in [-0.15, -0.1) is 0 Å². The highest BCUT2D eigenvalue weighted by Crippen LogP contribution is 2.46. The van der Waals surface area contributed by atoms with E-state index in [2.05, 4.69) is 20.3 Å². The fraction of sp³-hybridized carbons (Fsp3) is 0.346. The van der Waals surface area contributed by atoms with Crippen molar-refractivity contribution in [2.24, 2.45) is 5.41 Å². The van der Waals surface area contributed by atoms with Gasteiger partial charge in [0.05, 0.1) is 11.1 Å². The van der Waals surface area contributed by atoms with Gasteiger partial charge in [0, 0.05) is 29.9 Å². The van der Waals surface area contributed by atoms with Crippen molar-refractivity contribution < 1.29 is 14.0 Å². The second-order valence-corrected chi connectivity index (χ2v) is 9.19. The highest BCUT2D eigenvalue weighted by Gasteiger charge is 2.50. The van der Waals surface area contributed by atoms with Gasteiger partial charge < -0.3 is 5.32 Å². The lowest BCUT2D eigenvalue weighted by Crippen LogP contribution is -2.46. The van der Waals surface area contributed by atoms with Crippen molar-refractivity contribution in [3.05, 3.63) is 72.1 Å². The van der Waals surface area contributed by atoms with E-state index in [1.165, 1.54) is 18.5 Å². The number of rotatable bonds is 4. The topological polar surface area (TPSA) is 88.1 Å². The average Bonchev–Trinajstić information content (AvgIpc) is 3.14. The van der Waals surface area contributed by atoms with Crippen molar-refractivity contribution in [3.8, 4) is 11.3 Å². The highest BCUT2D eigenvalue weighted by atomic mass is 19.1. The summed E-state index contributed by atoms with van der Waals surface area (Å²) in [7, 11) is 0. The summed E-state index contributed by atoms with van der Waals surface area (Å²) in [5.74, 6) is 0.0785. The molecule has 7 nitrogen and oxygen atoms in total. The molecular weight excluding hydrogens is 433 g/mol. The molecule has 2 fully saturated rings. The largest absolute Gasteiger partial charge is 0.348 e. The summed E-state index contributed by atoms with van der Waals surface area (Å²) in [6.07, 6.45) is 5.27. The fourth-order valence-corrected chi connectivity index (χ4v) is 5.15. The highest BCUT2D eigenvalue weighted by molar-refractivity contribution is 5.99. The van der Waals surface area contributed by atoms with Crippen LogP contribution >= 0.6 is 0 Å². The molecule has 34 heavy (non-hydrogen) atoms. The van der Waals surface area contributed by atoms with Crippen LogP contribution in [0.15, 0.2) is 54.9 Å². The summed E-state index contributed by atoms with van der Waals surface area (Å²) in [5.41, 5.74) is 2.08. The Hall–Kier alpha value is -3.68. The van der Waals surface area contributed by atoms with E-state index in [9.17, 15) is 14.0 Å². The first-order valence-corrected chi connectivity index (χ1v) is 11.6. The van der Waals surface area contributed by atoms with E-state index < -0.39 is 5.41 Å². The van der Waals surface area contributed by atoms with E-state index in [1.807, 2.05) is 19.1 Å². The number of benzene rings is 1. The minimum atomic E-state index is -0.503. The van der Waals surface area contributed by atoms with Crippen LogP contribution in [0, 0.1) is 18.2 Å². The van der Waals surface area contributed by atoms with Gasteiger partial charge >= 0.3 is 0 Å². The molecular formula is C26H26FN5O2. The van der Waals surface area contributed by atoms with Crippen LogP contribution in [0.5, 0.6) is 0 Å². The van der Waals surface area contributed by atoms with Gasteiger partial charge in [-0.25, -0.2) is 19.3 Å². The van der Waals surface area contributed by atoms with Crippen LogP contribution < -0.4 is 10.2 Å². The van der Waals surface area contributed by atoms with Gasteiger partial charge in [0.1, 0.15) is 23.7 Å². The van der Waals surface area contributed by atoms with Gasteiger partial charge in [-0.2, -0.15) is 0 Å². The number of pyridine rings is 1. The Morgan fingerprint density at radius 3 is 2.76 bits per heavy atom. The van der Waals surface area contributed by atoms with E-state index in [0.29, 0.717) is 30.2 Å². The molecule has 2 amide bonds. The molecule has 174 valence electrons. The molecule has 1 saturated heterocycles. The lowest BCUT2D eigenvalue weighted by atomic mass is 9.71. The Morgan fingerprint density at radius 1 is 1.15 bits per heavy atom. The SMILES string of the molecule is Cc1cccc(C(=O)NC2CCCC3(CCN(c4cc(-c5ccc(F)cc5)ncn4)C3=O)C2)n1. The van der Waals surface area contributed by atoms with Crippen molar-refractivity contribution in [1.29, 1.82) is 0 Å². The molecule has 0 bridgehead atoms. The second kappa shape index (κ2) is 8.93. The summed E-state index contributed by atoms with van der Waals surface area (Å²) < 4.78 is 13.3. The molecule has 1 aromatic carbocycles. The number of carbonyl (C=O) groups is 2. The fourth-order valence-electron chi connectivity index (χ4n) is 5.15. The zero-order valence-corrected chi connectivity index (χ0v) is 19.0. The summed E-state index contributed by atoms with van der Waals surface area (Å²) in [6.45, 7) is 2.42. The van der Waals surface area contributed by atoms with Crippen LogP contribution in [-0.2, 0) is 4.79 Å². The number of carbonyl (C=O) groups excluding carboxylic acids is 2. The summed E-state index contributed by atoms with van der Waals surface area (Å²) in [6, 6.07) is 13.2. The van der Waals surface area contributed by atoms with Crippen molar-refractivity contribution in [2.75, 3.05) is 11.4 Å². The van der Waals surface area contributed by atoms with Crippen LogP contribution in [0.25, 0.3) is 11.3 Å². The Labute approximate surface area is 197 Å². The Bertz CT molecular complexity index is 1230. The molecule has 2 aromatic heterocycles. The third kappa shape index (κ3) is 4.27. The molecule has 5 rings (SSSR count). The number of anilines is 1. The minimum Gasteiger partial charge on any atom is -0.348 e. The van der Waals surface area contributed by atoms with Crippen LogP contribution in [0.1, 0.15) is 48.3 Å². The molecule has 3 aromatic rings. The van der Waals surface area contributed by atoms with E-state index in [-0.39, 0.29) is 23.7 Å². The normalized spacial score (nSPS) is 22.2. The molecule has 3 heterocycles. The molecule has 1 aliphatic heterocycles. The van der Waals surface area contributed by atoms with Gasteiger partial charge in [0.25, 0.3) is 5.91 Å². The van der Waals surface area contributed by atoms with Gasteiger partial charge in [-0.1, -0.05) is 12.5 Å². The predicted molar refractivity (Wildman–Crippen MR) is 126 cm³/mol. The molecule has 2 unspecified atom stereocenters. The second-order valence-electron chi connectivity index (χ2n) is 9.19. The maximum absolute atomic E-state index is 13.6. The standard InChI is InChI=1S/C26H26FN5O2/c1-17-4-2-6-21(30-17)24(33)31-20-5-3-11-26(15-20)12-13-32(25(26)34)23-14-22(28-16-29-23)18-7-9-19(27)10-8-18/h2,4,6-10,14,16,20H,3,5,11-13,15H2,1H3,(H,31,33). The van der Waals surface area contributed by atoms with Crippen molar-refractivity contribution in [3.63, 3.8) is 0 Å². The van der Waals surface area contributed by atoms with Crippen LogP contribution in [0.4, 0.5) is 10.2 Å². The van der Waals surface area contributed by atoms with E-state index in [0.717, 1.165) is 36.9 Å². The maximum Gasteiger partial charge on any atom is 0.270 e. The van der Waals surface area contributed by atoms with E-state index >= 15 is 0 Å². The van der Waals surface area contributed by atoms with Gasteiger partial charge in [0.2, 0.25) is 5.91 Å². The first-order valence-electron chi connectivity index (χ1n) is 11.6. The first kappa shape index (κ1) is 22.1. The lowest BCUT2D eigenvalue weighted by Gasteiger charge is -2.36. The van der Waals surface area contributed by atoms with Gasteiger partial charge in [-0.3, -0.25) is 14.5 Å². The molecule has 0 radical (unpaired) electrons. The number of nitrogens with one attached hydrogen (secondary N) is 1. The molecule has 1 spiro atoms. The molecule has 2 aliphatic rings. The van der Waals surface area contributed by atoms with Crippen molar-refractivity contribution >= 4 is 17.6 Å². The van der Waals surface area contributed by atoms with E-state index in [4.69, 9.17) is 0 Å². The van der Waals surface area contributed by atoms with Crippen LogP contribution in [-0.4, -0.2) is 39.4 Å². The minimum absolute atomic E-state index is 0.0453. The zero-order valence-electron chi connectivity index (χ0n) is 19.0. The molecule has 1 aliphatic carbocycles. The van der Waals surface area contributed by atoms with Gasteiger partial charge in [-0.05, 0) is 69.0 Å². The van der Waals surface area contributed by atoms with E-state index in [1.54, 1.807) is 29.2 Å². The number of aromatic nitrogens is 3. The monoisotopic (exact) mass is 459 g/mol. The third-order valence-corrected chi connectivity index (χ3v) is 6.88. The Morgan fingerprint density at radius 2 is 1.97 bits per heavy atom. The van der Waals surface area contributed by atoms with Crippen LogP contribution in [0.2, 0.25) is 0 Å². The quantitative estimate of drug-likeness (QED) is 0.635. The maximum atomic E-state index is 13.6. The number of amides is 2. The summed E-state index contributed by atoms with van der Waals surface area (Å²) >= 11 is 0. The summed E-state index contributed by atoms with van der Waals surface area (Å²) in [4.78, 5) is 41.0. The first-order chi connectivity index (χ1) is 16.4. The number of nitrogens with zero attached hydrogens (tertiary/aromatic N) is 4. The third-order valence-electron chi connectivity index (χ3n) is 6.88. The predicted octanol–water partition coefficient (Wildman–Crippen LogP) is 4.08. The number of aryl methyl sites for hydroxylation is 1. The van der Waals surface area contributed by atoms with Crippen molar-refractivity contribution in [2.45, 2.75) is 45.1 Å². The molecule has 1 saturated carbocycles. The molecule has 2 atom stereocenters. The Balaban J connectivity index is 1.31. The van der Waals surface area contributed by atoms with Gasteiger partial charge in [0.15, 0.2) is 0 Å². The number of hydrogen-bond acceptors (Lipinski definition) is 5. The summed E-state index contributed by atoms with van der Waals surface area (Å²) in [5, 5.41) is 3.10. The Kier molecular flexibility index (Phi) is 5.81. The molecule has 8 heteroatoms. The number of hydrogen-bond donors (Lipinski definition) is 1. The van der Waals surface area contributed by atoms with Crippen LogP contribution in [0.3, 0.4) is 0 Å². The lowest BCUT2D eigenvalue weighted by molar-refractivity contribution is -0.127. The zero-order chi connectivity index (χ0) is 23.7. The molecule has 1 N–H and O–H groups in total. The smallest absolute Gasteiger partial charge is 0.270 e.